The van der Waals surface area contributed by atoms with Gasteiger partial charge in [0.1, 0.15) is 11.4 Å². The highest BCUT2D eigenvalue weighted by molar-refractivity contribution is 6.30. The molecule has 0 bridgehead atoms. The molecule has 0 spiro atoms. The first kappa shape index (κ1) is 20.4. The van der Waals surface area contributed by atoms with Gasteiger partial charge in [0.15, 0.2) is 6.61 Å². The van der Waals surface area contributed by atoms with Crippen molar-refractivity contribution in [2.75, 3.05) is 6.61 Å². The fourth-order valence-corrected chi connectivity index (χ4v) is 3.03. The topological polar surface area (TPSA) is 68.5 Å². The van der Waals surface area contributed by atoms with Gasteiger partial charge in [0, 0.05) is 22.3 Å². The van der Waals surface area contributed by atoms with Crippen LogP contribution in [0.4, 0.5) is 0 Å². The lowest BCUT2D eigenvalue weighted by Crippen LogP contribution is -2.24. The number of benzene rings is 3. The SMILES string of the molecule is O=C(COc1ccc(Cl)cc1)N/N=C\c1cn(-c2ccccc2)nc1-c1ccccc1. The van der Waals surface area contributed by atoms with Crippen LogP contribution in [0.2, 0.25) is 5.02 Å². The summed E-state index contributed by atoms with van der Waals surface area (Å²) in [5, 5.41) is 9.39. The maximum absolute atomic E-state index is 12.1. The van der Waals surface area contributed by atoms with Gasteiger partial charge in [-0.3, -0.25) is 4.79 Å². The van der Waals surface area contributed by atoms with Crippen molar-refractivity contribution in [2.24, 2.45) is 5.10 Å². The summed E-state index contributed by atoms with van der Waals surface area (Å²) in [6.45, 7) is -0.159. The number of amides is 1. The first-order chi connectivity index (χ1) is 15.2. The number of ether oxygens (including phenoxy) is 1. The van der Waals surface area contributed by atoms with E-state index < -0.39 is 0 Å². The Bertz CT molecular complexity index is 1170. The van der Waals surface area contributed by atoms with E-state index in [0.717, 1.165) is 22.5 Å². The van der Waals surface area contributed by atoms with Crippen LogP contribution in [-0.2, 0) is 4.79 Å². The third-order valence-electron chi connectivity index (χ3n) is 4.39. The second-order valence-corrected chi connectivity index (χ2v) is 7.05. The first-order valence-corrected chi connectivity index (χ1v) is 9.97. The van der Waals surface area contributed by atoms with Gasteiger partial charge in [-0.05, 0) is 36.4 Å². The smallest absolute Gasteiger partial charge is 0.277 e. The van der Waals surface area contributed by atoms with Crippen LogP contribution in [0.3, 0.4) is 0 Å². The Morgan fingerprint density at radius 1 is 1.00 bits per heavy atom. The number of hydrogen-bond acceptors (Lipinski definition) is 4. The molecular weight excluding hydrogens is 412 g/mol. The molecule has 0 saturated carbocycles. The van der Waals surface area contributed by atoms with E-state index >= 15 is 0 Å². The summed E-state index contributed by atoms with van der Waals surface area (Å²) in [7, 11) is 0. The molecule has 0 aliphatic heterocycles. The number of rotatable bonds is 7. The van der Waals surface area contributed by atoms with E-state index in [1.165, 1.54) is 0 Å². The summed E-state index contributed by atoms with van der Waals surface area (Å²) in [5.41, 5.74) is 5.90. The van der Waals surface area contributed by atoms with Gasteiger partial charge in [0.05, 0.1) is 11.9 Å². The van der Waals surface area contributed by atoms with Crippen molar-refractivity contribution in [3.63, 3.8) is 0 Å². The van der Waals surface area contributed by atoms with Crippen LogP contribution < -0.4 is 10.2 Å². The van der Waals surface area contributed by atoms with E-state index in [1.54, 1.807) is 35.2 Å². The van der Waals surface area contributed by atoms with Gasteiger partial charge in [-0.15, -0.1) is 0 Å². The Morgan fingerprint density at radius 3 is 2.39 bits per heavy atom. The molecule has 1 heterocycles. The van der Waals surface area contributed by atoms with Crippen LogP contribution in [-0.4, -0.2) is 28.5 Å². The zero-order chi connectivity index (χ0) is 21.5. The highest BCUT2D eigenvalue weighted by Gasteiger charge is 2.11. The van der Waals surface area contributed by atoms with Gasteiger partial charge in [-0.25, -0.2) is 10.1 Å². The molecule has 0 unspecified atom stereocenters. The monoisotopic (exact) mass is 430 g/mol. The van der Waals surface area contributed by atoms with Crippen LogP contribution in [0.5, 0.6) is 5.75 Å². The Balaban J connectivity index is 1.47. The molecule has 0 saturated heterocycles. The molecule has 31 heavy (non-hydrogen) atoms. The number of halogens is 1. The van der Waals surface area contributed by atoms with E-state index in [2.05, 4.69) is 10.5 Å². The molecule has 4 rings (SSSR count). The van der Waals surface area contributed by atoms with E-state index in [-0.39, 0.29) is 12.5 Å². The van der Waals surface area contributed by atoms with E-state index in [9.17, 15) is 4.79 Å². The molecule has 1 aromatic heterocycles. The molecule has 3 aromatic carbocycles. The normalized spacial score (nSPS) is 10.9. The molecule has 6 nitrogen and oxygen atoms in total. The predicted molar refractivity (Wildman–Crippen MR) is 122 cm³/mol. The maximum Gasteiger partial charge on any atom is 0.277 e. The average molecular weight is 431 g/mol. The lowest BCUT2D eigenvalue weighted by molar-refractivity contribution is -0.123. The lowest BCUT2D eigenvalue weighted by atomic mass is 10.1. The maximum atomic E-state index is 12.1. The number of hydrazone groups is 1. The number of hydrogen-bond donors (Lipinski definition) is 1. The van der Waals surface area contributed by atoms with Gasteiger partial charge in [0.25, 0.3) is 5.91 Å². The molecule has 0 radical (unpaired) electrons. The van der Waals surface area contributed by atoms with Gasteiger partial charge >= 0.3 is 0 Å². The number of carbonyl (C=O) groups is 1. The quantitative estimate of drug-likeness (QED) is 0.340. The molecule has 0 aliphatic rings. The number of para-hydroxylation sites is 1. The van der Waals surface area contributed by atoms with Crippen LogP contribution in [0.25, 0.3) is 16.9 Å². The molecular formula is C24H19ClN4O2. The minimum Gasteiger partial charge on any atom is -0.484 e. The van der Waals surface area contributed by atoms with Crippen molar-refractivity contribution in [1.29, 1.82) is 0 Å². The van der Waals surface area contributed by atoms with E-state index in [1.807, 2.05) is 66.9 Å². The third-order valence-corrected chi connectivity index (χ3v) is 4.64. The highest BCUT2D eigenvalue weighted by Crippen LogP contribution is 2.22. The Morgan fingerprint density at radius 2 is 1.68 bits per heavy atom. The Kier molecular flexibility index (Phi) is 6.40. The standard InChI is InChI=1S/C24H19ClN4O2/c25-20-11-13-22(14-12-20)31-17-23(30)27-26-15-19-16-29(21-9-5-2-6-10-21)28-24(19)18-7-3-1-4-8-18/h1-16H,17H2,(H,27,30)/b26-15-. The number of nitrogens with one attached hydrogen (secondary N) is 1. The first-order valence-electron chi connectivity index (χ1n) is 9.60. The van der Waals surface area contributed by atoms with Gasteiger partial charge in [-0.2, -0.15) is 10.2 Å². The van der Waals surface area contributed by atoms with Crippen LogP contribution in [0.15, 0.2) is 96.2 Å². The second-order valence-electron chi connectivity index (χ2n) is 6.61. The number of carbonyl (C=O) groups excluding carboxylic acids is 1. The van der Waals surface area contributed by atoms with Crippen LogP contribution >= 0.6 is 11.6 Å². The van der Waals surface area contributed by atoms with Crippen molar-refractivity contribution in [2.45, 2.75) is 0 Å². The van der Waals surface area contributed by atoms with Crippen molar-refractivity contribution < 1.29 is 9.53 Å². The summed E-state index contributed by atoms with van der Waals surface area (Å²) < 4.78 is 7.21. The highest BCUT2D eigenvalue weighted by atomic mass is 35.5. The fraction of sp³-hybridized carbons (Fsp3) is 0.0417. The van der Waals surface area contributed by atoms with Crippen LogP contribution in [0, 0.1) is 0 Å². The zero-order valence-corrected chi connectivity index (χ0v) is 17.2. The Labute approximate surface area is 184 Å². The van der Waals surface area contributed by atoms with Gasteiger partial charge in [-0.1, -0.05) is 60.1 Å². The summed E-state index contributed by atoms with van der Waals surface area (Å²) in [6.07, 6.45) is 3.45. The van der Waals surface area contributed by atoms with E-state index in [0.29, 0.717) is 10.8 Å². The minimum atomic E-state index is -0.372. The average Bonchev–Trinajstić information content (AvgIpc) is 3.24. The molecule has 154 valence electrons. The predicted octanol–water partition coefficient (Wildman–Crippen LogP) is 4.72. The molecule has 7 heteroatoms. The van der Waals surface area contributed by atoms with Gasteiger partial charge in [0.2, 0.25) is 0 Å². The van der Waals surface area contributed by atoms with Crippen molar-refractivity contribution in [3.8, 4) is 22.7 Å². The van der Waals surface area contributed by atoms with Gasteiger partial charge < -0.3 is 4.74 Å². The number of aromatic nitrogens is 2. The minimum absolute atomic E-state index is 0.159. The third kappa shape index (κ3) is 5.38. The molecule has 4 aromatic rings. The molecule has 0 aliphatic carbocycles. The largest absolute Gasteiger partial charge is 0.484 e. The summed E-state index contributed by atoms with van der Waals surface area (Å²) in [5.74, 6) is 0.182. The lowest BCUT2D eigenvalue weighted by Gasteiger charge is -2.04. The molecule has 0 fully saturated rings. The van der Waals surface area contributed by atoms with Crippen molar-refractivity contribution >= 4 is 23.7 Å². The zero-order valence-electron chi connectivity index (χ0n) is 16.5. The molecule has 1 amide bonds. The summed E-state index contributed by atoms with van der Waals surface area (Å²) >= 11 is 5.84. The number of nitrogens with zero attached hydrogens (tertiary/aromatic N) is 3. The summed E-state index contributed by atoms with van der Waals surface area (Å²) in [4.78, 5) is 12.1. The fourth-order valence-electron chi connectivity index (χ4n) is 2.90. The Hall–Kier alpha value is -3.90. The van der Waals surface area contributed by atoms with Crippen LogP contribution in [0.1, 0.15) is 5.56 Å². The van der Waals surface area contributed by atoms with Crippen molar-refractivity contribution in [1.82, 2.24) is 15.2 Å². The summed E-state index contributed by atoms with van der Waals surface area (Å²) in [6, 6.07) is 26.4. The second kappa shape index (κ2) is 9.73. The van der Waals surface area contributed by atoms with Crippen molar-refractivity contribution in [3.05, 3.63) is 102 Å². The van der Waals surface area contributed by atoms with E-state index in [4.69, 9.17) is 21.4 Å². The molecule has 1 N–H and O–H groups in total. The molecule has 0 atom stereocenters.